The molecule has 0 saturated heterocycles. The number of rotatable bonds is 6. The molecule has 0 spiro atoms. The van der Waals surface area contributed by atoms with E-state index in [9.17, 15) is 0 Å². The van der Waals surface area contributed by atoms with Crippen LogP contribution in [-0.2, 0) is 0 Å². The Kier molecular flexibility index (Phi) is 9.53. The largest absolute Gasteiger partial charge is 0.195 e. The highest BCUT2D eigenvalue weighted by atomic mass is 31.1. The summed E-state index contributed by atoms with van der Waals surface area (Å²) in [4.78, 5) is 0. The summed E-state index contributed by atoms with van der Waals surface area (Å²) < 4.78 is 0. The van der Waals surface area contributed by atoms with E-state index in [1.54, 1.807) is 0 Å². The molecule has 0 atom stereocenters. The fourth-order valence-corrected chi connectivity index (χ4v) is 9.48. The van der Waals surface area contributed by atoms with Gasteiger partial charge in [0.25, 0.3) is 0 Å². The van der Waals surface area contributed by atoms with E-state index in [-0.39, 0.29) is 0 Å². The monoisotopic (exact) mass is 562 g/mol. The first-order chi connectivity index (χ1) is 20.5. The Labute approximate surface area is 253 Å². The van der Waals surface area contributed by atoms with Gasteiger partial charge in [-0.1, -0.05) is 158 Å². The number of hydrogen-bond acceptors (Lipinski definition) is 0. The number of benzene rings is 6. The molecule has 0 aliphatic carbocycles. The molecule has 6 aromatic carbocycles. The maximum atomic E-state index is 2.35. The maximum absolute atomic E-state index is 2.35. The van der Waals surface area contributed by atoms with Crippen LogP contribution in [0.1, 0.15) is 20.8 Å². The summed E-state index contributed by atoms with van der Waals surface area (Å²) in [6, 6.07) is 65.4. The molecule has 0 saturated carbocycles. The molecule has 208 valence electrons. The van der Waals surface area contributed by atoms with Crippen molar-refractivity contribution in [2.75, 3.05) is 0 Å². The molecule has 0 aromatic heterocycles. The van der Waals surface area contributed by atoms with Gasteiger partial charge in [0.15, 0.2) is 0 Å². The summed E-state index contributed by atoms with van der Waals surface area (Å²) in [7, 11) is -0.715. The topological polar surface area (TPSA) is 0 Å². The Hall–Kier alpha value is -4.19. The Morgan fingerprint density at radius 1 is 0.333 bits per heavy atom. The second-order valence-electron chi connectivity index (χ2n) is 11.9. The van der Waals surface area contributed by atoms with Crippen molar-refractivity contribution in [1.29, 1.82) is 0 Å². The second kappa shape index (κ2) is 13.7. The first kappa shape index (κ1) is 29.3. The van der Waals surface area contributed by atoms with Crippen molar-refractivity contribution in [3.8, 4) is 0 Å². The molecule has 42 heavy (non-hydrogen) atoms. The molecule has 0 N–H and O–H groups in total. The molecule has 0 aliphatic heterocycles. The second-order valence-corrected chi connectivity index (χ2v) is 15.3. The molecule has 0 heterocycles. The molecule has 0 nitrogen and oxygen atoms in total. The van der Waals surface area contributed by atoms with Crippen molar-refractivity contribution in [2.45, 2.75) is 25.9 Å². The van der Waals surface area contributed by atoms with Crippen LogP contribution in [0.3, 0.4) is 0 Å². The van der Waals surface area contributed by atoms with Gasteiger partial charge in [0.05, 0.1) is 23.7 Å². The third-order valence-corrected chi connectivity index (χ3v) is 11.4. The average molecular weight is 563 g/mol. The zero-order valence-electron chi connectivity index (χ0n) is 24.9. The molecule has 0 bridgehead atoms. The average Bonchev–Trinajstić information content (AvgIpc) is 3.04. The normalized spacial score (nSPS) is 11.4. The van der Waals surface area contributed by atoms with Gasteiger partial charge in [-0.2, -0.15) is 21.9 Å². The van der Waals surface area contributed by atoms with Crippen molar-refractivity contribution in [2.24, 2.45) is 0 Å². The highest BCUT2D eigenvalue weighted by Gasteiger charge is 2.35. The lowest BCUT2D eigenvalue weighted by Crippen LogP contribution is -2.74. The molecule has 0 aliphatic rings. The standard InChI is InChI=1S/C24H20B.C16H19P/c1-5-13-21(14-6-1)25(22-15-7-2-8-16-22,23-17-9-3-10-18-23)24-19-11-4-12-20-24;1-16(2,3)17(14-10-6-4-7-11-14)15-12-8-5-9-13-15/h1-20H;4-13H,1-3H3/q-1;/p+1. The minimum atomic E-state index is -1.22. The van der Waals surface area contributed by atoms with Crippen LogP contribution in [0.25, 0.3) is 0 Å². The summed E-state index contributed by atoms with van der Waals surface area (Å²) in [5.41, 5.74) is 5.36. The molecule has 6 aromatic rings. The van der Waals surface area contributed by atoms with Crippen LogP contribution in [0, 0.1) is 0 Å². The van der Waals surface area contributed by atoms with Gasteiger partial charge in [-0.25, -0.2) is 0 Å². The minimum Gasteiger partial charge on any atom is -0.195 e. The smallest absolute Gasteiger partial charge is 0.108 e. The highest BCUT2D eigenvalue weighted by Crippen LogP contribution is 2.47. The van der Waals surface area contributed by atoms with Crippen LogP contribution >= 0.6 is 7.92 Å². The Morgan fingerprint density at radius 2 is 0.548 bits per heavy atom. The van der Waals surface area contributed by atoms with Crippen LogP contribution in [-0.4, -0.2) is 11.3 Å². The summed E-state index contributed by atoms with van der Waals surface area (Å²) in [6.45, 7) is 7.05. The Morgan fingerprint density at radius 3 is 0.762 bits per heavy atom. The predicted octanol–water partition coefficient (Wildman–Crippen LogP) is 6.71. The quantitative estimate of drug-likeness (QED) is 0.156. The highest BCUT2D eigenvalue weighted by molar-refractivity contribution is 7.74. The summed E-state index contributed by atoms with van der Waals surface area (Å²) >= 11 is 0. The van der Waals surface area contributed by atoms with E-state index in [4.69, 9.17) is 0 Å². The van der Waals surface area contributed by atoms with E-state index >= 15 is 0 Å². The van der Waals surface area contributed by atoms with Gasteiger partial charge in [-0.3, -0.25) is 0 Å². The first-order valence-electron chi connectivity index (χ1n) is 14.9. The Bertz CT molecular complexity index is 1410. The van der Waals surface area contributed by atoms with Gasteiger partial charge in [0, 0.05) is 0 Å². The molecule has 6 rings (SSSR count). The predicted molar refractivity (Wildman–Crippen MR) is 190 cm³/mol. The van der Waals surface area contributed by atoms with Gasteiger partial charge < -0.3 is 0 Å². The molecule has 0 amide bonds. The Balaban J connectivity index is 0.000000181. The van der Waals surface area contributed by atoms with Gasteiger partial charge in [-0.05, 0) is 45.0 Å². The molecular formula is C40H40BP. The fourth-order valence-electron chi connectivity index (χ4n) is 6.36. The van der Waals surface area contributed by atoms with Crippen LogP contribution in [0.2, 0.25) is 0 Å². The van der Waals surface area contributed by atoms with Gasteiger partial charge in [0.1, 0.15) is 6.15 Å². The van der Waals surface area contributed by atoms with E-state index < -0.39 is 14.1 Å². The van der Waals surface area contributed by atoms with Crippen molar-refractivity contribution in [3.63, 3.8) is 0 Å². The van der Waals surface area contributed by atoms with Gasteiger partial charge >= 0.3 is 0 Å². The third-order valence-electron chi connectivity index (χ3n) is 8.07. The lowest BCUT2D eigenvalue weighted by atomic mass is 9.13. The van der Waals surface area contributed by atoms with E-state index in [2.05, 4.69) is 203 Å². The third kappa shape index (κ3) is 6.49. The molecular weight excluding hydrogens is 522 g/mol. The van der Waals surface area contributed by atoms with Crippen molar-refractivity contribution in [3.05, 3.63) is 182 Å². The molecule has 0 radical (unpaired) electrons. The van der Waals surface area contributed by atoms with Crippen molar-refractivity contribution >= 4 is 46.5 Å². The van der Waals surface area contributed by atoms with Crippen LogP contribution in [0.15, 0.2) is 182 Å². The van der Waals surface area contributed by atoms with E-state index in [0.717, 1.165) is 0 Å². The number of hydrogen-bond donors (Lipinski definition) is 0. The van der Waals surface area contributed by atoms with Crippen LogP contribution in [0.5, 0.6) is 0 Å². The molecule has 0 fully saturated rings. The van der Waals surface area contributed by atoms with E-state index in [0.29, 0.717) is 5.16 Å². The molecule has 0 unspecified atom stereocenters. The van der Waals surface area contributed by atoms with Crippen LogP contribution < -0.4 is 32.5 Å². The van der Waals surface area contributed by atoms with Gasteiger partial charge in [0.2, 0.25) is 0 Å². The van der Waals surface area contributed by atoms with E-state index in [1.165, 1.54) is 32.5 Å². The fraction of sp³-hybridized carbons (Fsp3) is 0.100. The first-order valence-corrected chi connectivity index (χ1v) is 16.4. The summed E-state index contributed by atoms with van der Waals surface area (Å²) in [6.07, 6.45) is -1.22. The maximum Gasteiger partial charge on any atom is 0.108 e. The SMILES string of the molecule is CC(C)(C)[PH+](c1ccccc1)c1ccccc1.c1ccc([B-](c2ccccc2)(c2ccccc2)c2ccccc2)cc1. The summed E-state index contributed by atoms with van der Waals surface area (Å²) in [5.74, 6) is 0. The zero-order chi connectivity index (χ0) is 29.3. The lowest BCUT2D eigenvalue weighted by Gasteiger charge is -2.44. The van der Waals surface area contributed by atoms with Gasteiger partial charge in [-0.15, -0.1) is 0 Å². The van der Waals surface area contributed by atoms with Crippen molar-refractivity contribution < 1.29 is 0 Å². The lowest BCUT2D eigenvalue weighted by molar-refractivity contribution is 0.793. The van der Waals surface area contributed by atoms with Crippen molar-refractivity contribution in [1.82, 2.24) is 0 Å². The van der Waals surface area contributed by atoms with Crippen LogP contribution in [0.4, 0.5) is 0 Å². The van der Waals surface area contributed by atoms with E-state index in [1.807, 2.05) is 0 Å². The summed E-state index contributed by atoms with van der Waals surface area (Å²) in [5, 5.41) is 3.32. The molecule has 2 heteroatoms. The zero-order valence-corrected chi connectivity index (χ0v) is 25.9. The minimum absolute atomic E-state index is 0.327.